The lowest BCUT2D eigenvalue weighted by molar-refractivity contribution is -0.132. The molecule has 4 aromatic rings. The van der Waals surface area contributed by atoms with E-state index in [0.717, 1.165) is 34.7 Å². The highest BCUT2D eigenvalue weighted by Gasteiger charge is 2.22. The Morgan fingerprint density at radius 2 is 0.860 bits per heavy atom. The van der Waals surface area contributed by atoms with Gasteiger partial charge in [-0.05, 0) is 73.5 Å². The lowest BCUT2D eigenvalue weighted by atomic mass is 9.78. The van der Waals surface area contributed by atoms with Gasteiger partial charge in [0, 0.05) is 40.3 Å². The van der Waals surface area contributed by atoms with Crippen molar-refractivity contribution in [1.82, 2.24) is 0 Å². The van der Waals surface area contributed by atoms with Crippen molar-refractivity contribution in [3.05, 3.63) is 144 Å². The summed E-state index contributed by atoms with van der Waals surface area (Å²) in [6, 6.07) is 33.3. The summed E-state index contributed by atoms with van der Waals surface area (Å²) in [5, 5.41) is 41.4. The fourth-order valence-electron chi connectivity index (χ4n) is 3.86. The number of phenols is 2. The van der Waals surface area contributed by atoms with Crippen molar-refractivity contribution in [3.8, 4) is 11.5 Å². The van der Waals surface area contributed by atoms with Crippen LogP contribution in [0.2, 0.25) is 0 Å². The minimum Gasteiger partial charge on any atom is -0.508 e. The first-order chi connectivity index (χ1) is 20.4. The highest BCUT2D eigenvalue weighted by atomic mass is 16.4. The van der Waals surface area contributed by atoms with Gasteiger partial charge in [-0.15, -0.1) is 0 Å². The average molecular weight is 583 g/mol. The summed E-state index contributed by atoms with van der Waals surface area (Å²) in [6.45, 7) is 7.65. The van der Waals surface area contributed by atoms with E-state index in [2.05, 4.69) is 24.5 Å². The summed E-state index contributed by atoms with van der Waals surface area (Å²) in [4.78, 5) is 20.6. The molecule has 0 spiro atoms. The zero-order valence-corrected chi connectivity index (χ0v) is 24.7. The lowest BCUT2D eigenvalue weighted by Gasteiger charge is -2.26. The number of hydrogen-bond donors (Lipinski definition) is 6. The molecule has 0 aromatic heterocycles. The van der Waals surface area contributed by atoms with Crippen LogP contribution in [0.25, 0.3) is 0 Å². The first-order valence-corrected chi connectivity index (χ1v) is 13.4. The van der Waals surface area contributed by atoms with Gasteiger partial charge < -0.3 is 31.1 Å². The predicted octanol–water partition coefficient (Wildman–Crippen LogP) is 7.60. The number of nitrogens with one attached hydrogen (secondary N) is 2. The Morgan fingerprint density at radius 1 is 0.558 bits per heavy atom. The van der Waals surface area contributed by atoms with Crippen LogP contribution in [0.3, 0.4) is 0 Å². The van der Waals surface area contributed by atoms with Gasteiger partial charge in [-0.2, -0.15) is 0 Å². The molecule has 0 amide bonds. The second kappa shape index (κ2) is 16.7. The number of carbonyl (C=O) groups is 2. The number of hydrogen-bond acceptors (Lipinski definition) is 6. The summed E-state index contributed by atoms with van der Waals surface area (Å²) in [7, 11) is 0. The third kappa shape index (κ3) is 12.7. The smallest absolute Gasteiger partial charge is 0.330 e. The van der Waals surface area contributed by atoms with Crippen molar-refractivity contribution >= 4 is 23.3 Å². The number of aromatic hydroxyl groups is 2. The van der Waals surface area contributed by atoms with Gasteiger partial charge in [-0.25, -0.2) is 9.59 Å². The number of aliphatic carboxylic acids is 2. The Morgan fingerprint density at radius 3 is 1.14 bits per heavy atom. The zero-order chi connectivity index (χ0) is 31.8. The maximum absolute atomic E-state index is 10.3. The number of rotatable bonds is 8. The van der Waals surface area contributed by atoms with Crippen LogP contribution in [-0.2, 0) is 15.0 Å². The van der Waals surface area contributed by atoms with Crippen LogP contribution in [0.5, 0.6) is 11.5 Å². The zero-order valence-electron chi connectivity index (χ0n) is 24.7. The van der Waals surface area contributed by atoms with Gasteiger partial charge in [0.25, 0.3) is 0 Å². The Hall–Kier alpha value is -5.50. The molecule has 0 aliphatic heterocycles. The number of carboxylic acid groups (broad SMARTS) is 2. The highest BCUT2D eigenvalue weighted by Crippen LogP contribution is 2.32. The Balaban J connectivity index is 0.000000229. The molecule has 0 fully saturated rings. The van der Waals surface area contributed by atoms with E-state index in [1.807, 2.05) is 84.9 Å². The Kier molecular flexibility index (Phi) is 13.1. The first-order valence-electron chi connectivity index (χ1n) is 13.4. The van der Waals surface area contributed by atoms with Crippen molar-refractivity contribution in [1.29, 1.82) is 0 Å². The molecular weight excluding hydrogens is 544 g/mol. The topological polar surface area (TPSA) is 139 Å². The highest BCUT2D eigenvalue weighted by molar-refractivity contribution is 5.81. The van der Waals surface area contributed by atoms with Crippen LogP contribution in [0, 0.1) is 0 Å². The maximum Gasteiger partial charge on any atom is 0.330 e. The lowest BCUT2D eigenvalue weighted by Crippen LogP contribution is -2.18. The van der Waals surface area contributed by atoms with E-state index < -0.39 is 11.9 Å². The van der Waals surface area contributed by atoms with Gasteiger partial charge in [0.1, 0.15) is 11.5 Å². The number of carboxylic acids is 2. The van der Waals surface area contributed by atoms with E-state index in [1.165, 1.54) is 0 Å². The molecule has 6 N–H and O–H groups in total. The van der Waals surface area contributed by atoms with Gasteiger partial charge in [-0.1, -0.05) is 74.5 Å². The molecule has 0 unspecified atom stereocenters. The molecular formula is C35H38N2O6. The van der Waals surface area contributed by atoms with Gasteiger partial charge in [0.05, 0.1) is 0 Å². The van der Waals surface area contributed by atoms with Gasteiger partial charge in [0.15, 0.2) is 0 Å². The van der Waals surface area contributed by atoms with Crippen molar-refractivity contribution < 1.29 is 30.0 Å². The maximum atomic E-state index is 10.3. The van der Waals surface area contributed by atoms with Gasteiger partial charge >= 0.3 is 11.9 Å². The fraction of sp³-hybridized carbons (Fsp3) is 0.143. The number of allylic oxidation sites excluding steroid dienone is 2. The van der Waals surface area contributed by atoms with E-state index in [-0.39, 0.29) is 16.9 Å². The van der Waals surface area contributed by atoms with Crippen LogP contribution in [-0.4, -0.2) is 32.4 Å². The summed E-state index contributed by atoms with van der Waals surface area (Å²) in [5.74, 6) is -1.34. The molecule has 43 heavy (non-hydrogen) atoms. The molecule has 8 heteroatoms. The largest absolute Gasteiger partial charge is 0.508 e. The molecule has 0 saturated carbocycles. The van der Waals surface area contributed by atoms with Gasteiger partial charge in [0.2, 0.25) is 0 Å². The molecule has 0 aliphatic rings. The third-order valence-electron chi connectivity index (χ3n) is 6.09. The van der Waals surface area contributed by atoms with Crippen LogP contribution < -0.4 is 10.6 Å². The third-order valence-corrected chi connectivity index (χ3v) is 6.09. The molecule has 4 rings (SSSR count). The molecule has 8 nitrogen and oxygen atoms in total. The fourth-order valence-corrected chi connectivity index (χ4v) is 3.86. The number of phenolic OH excluding ortho intramolecular Hbond substituents is 2. The van der Waals surface area contributed by atoms with Crippen molar-refractivity contribution in [2.24, 2.45) is 0 Å². The van der Waals surface area contributed by atoms with Crippen LogP contribution in [0.15, 0.2) is 133 Å². The standard InChI is InChI=1S/C15H16O2.2C10H11NO2/c1-15(2,11-3-7-13(16)8-4-11)12-5-9-14(17)10-6-12;2*1-8(7-10(12)13)11-9-5-3-2-4-6-9/h3-10,16-17H,1-2H3;2*2-7,11H,1H3,(H,12,13). The SMILES string of the molecule is CC(=CC(=O)O)Nc1ccccc1.CC(=CC(=O)O)Nc1ccccc1.CC(C)(c1ccc(O)cc1)c1ccc(O)cc1. The monoisotopic (exact) mass is 582 g/mol. The molecule has 0 radical (unpaired) electrons. The van der Waals surface area contributed by atoms with Crippen molar-refractivity contribution in [2.75, 3.05) is 10.6 Å². The molecule has 0 heterocycles. The normalized spacial score (nSPS) is 11.2. The molecule has 224 valence electrons. The second-order valence-corrected chi connectivity index (χ2v) is 10.0. The van der Waals surface area contributed by atoms with E-state index in [9.17, 15) is 19.8 Å². The Bertz CT molecular complexity index is 1380. The van der Waals surface area contributed by atoms with E-state index in [4.69, 9.17) is 10.2 Å². The Labute approximate surface area is 252 Å². The summed E-state index contributed by atoms with van der Waals surface area (Å²) < 4.78 is 0. The van der Waals surface area contributed by atoms with Crippen LogP contribution >= 0.6 is 0 Å². The first kappa shape index (κ1) is 33.7. The van der Waals surface area contributed by atoms with Crippen molar-refractivity contribution in [2.45, 2.75) is 33.1 Å². The molecule has 0 aliphatic carbocycles. The molecule has 0 atom stereocenters. The average Bonchev–Trinajstić information content (AvgIpc) is 2.94. The molecule has 0 saturated heterocycles. The minimum absolute atomic E-state index is 0.151. The summed E-state index contributed by atoms with van der Waals surface area (Å²) in [6.07, 6.45) is 2.26. The van der Waals surface area contributed by atoms with E-state index >= 15 is 0 Å². The van der Waals surface area contributed by atoms with E-state index in [0.29, 0.717) is 11.4 Å². The van der Waals surface area contributed by atoms with Gasteiger partial charge in [-0.3, -0.25) is 0 Å². The quantitative estimate of drug-likeness (QED) is 0.117. The number of benzene rings is 4. The second-order valence-electron chi connectivity index (χ2n) is 10.0. The summed E-state index contributed by atoms with van der Waals surface area (Å²) in [5.41, 5.74) is 5.09. The predicted molar refractivity (Wildman–Crippen MR) is 171 cm³/mol. The molecule has 0 bridgehead atoms. The summed E-state index contributed by atoms with van der Waals surface area (Å²) >= 11 is 0. The number of anilines is 2. The molecule has 4 aromatic carbocycles. The minimum atomic E-state index is -0.944. The van der Waals surface area contributed by atoms with E-state index in [1.54, 1.807) is 38.1 Å². The van der Waals surface area contributed by atoms with Crippen LogP contribution in [0.1, 0.15) is 38.8 Å². The number of para-hydroxylation sites is 2. The van der Waals surface area contributed by atoms with Crippen LogP contribution in [0.4, 0.5) is 11.4 Å². The van der Waals surface area contributed by atoms with Crippen molar-refractivity contribution in [3.63, 3.8) is 0 Å².